The zero-order chi connectivity index (χ0) is 32.4. The van der Waals surface area contributed by atoms with E-state index in [1.54, 1.807) is 6.07 Å². The number of benzene rings is 2. The van der Waals surface area contributed by atoms with Gasteiger partial charge in [0.25, 0.3) is 0 Å². The first kappa shape index (κ1) is 34.2. The Morgan fingerprint density at radius 1 is 0.932 bits per heavy atom. The summed E-state index contributed by atoms with van der Waals surface area (Å²) in [5.41, 5.74) is 4.17. The van der Waals surface area contributed by atoms with Crippen LogP contribution in [-0.4, -0.2) is 104 Å². The number of carbonyl (C=O) groups is 3. The number of nitrogens with two attached hydrogens (primary N) is 1. The highest BCUT2D eigenvalue weighted by atomic mass is 16.5. The third-order valence-corrected chi connectivity index (χ3v) is 6.84. The first-order valence-corrected chi connectivity index (χ1v) is 13.5. The van der Waals surface area contributed by atoms with Gasteiger partial charge in [-0.2, -0.15) is 0 Å². The lowest BCUT2D eigenvalue weighted by Crippen LogP contribution is -2.58. The molecular weight excluding hydrogens is 582 g/mol. The van der Waals surface area contributed by atoms with E-state index in [-0.39, 0.29) is 35.8 Å². The molecule has 0 radical (unpaired) electrons. The van der Waals surface area contributed by atoms with Crippen molar-refractivity contribution >= 4 is 29.7 Å². The summed E-state index contributed by atoms with van der Waals surface area (Å²) < 4.78 is 16.2. The van der Waals surface area contributed by atoms with Crippen LogP contribution < -0.4 is 10.5 Å². The van der Waals surface area contributed by atoms with Crippen molar-refractivity contribution in [2.24, 2.45) is 5.73 Å². The van der Waals surface area contributed by atoms with E-state index in [1.807, 2.05) is 0 Å². The molecule has 4 atom stereocenters. The van der Waals surface area contributed by atoms with E-state index in [0.29, 0.717) is 5.56 Å². The van der Waals surface area contributed by atoms with Gasteiger partial charge in [-0.05, 0) is 53.1 Å². The van der Waals surface area contributed by atoms with Crippen LogP contribution in [0, 0.1) is 0 Å². The molecule has 1 aliphatic carbocycles. The highest BCUT2D eigenvalue weighted by Crippen LogP contribution is 2.35. The van der Waals surface area contributed by atoms with Crippen LogP contribution in [0.5, 0.6) is 23.0 Å². The molecule has 0 aliphatic heterocycles. The number of aliphatic hydroxyl groups is 3. The number of aliphatic carboxylic acids is 1. The first-order valence-electron chi connectivity index (χ1n) is 13.5. The van der Waals surface area contributed by atoms with Crippen molar-refractivity contribution in [1.82, 2.24) is 0 Å². The third kappa shape index (κ3) is 8.86. The van der Waals surface area contributed by atoms with Crippen molar-refractivity contribution < 1.29 is 64.3 Å². The summed E-state index contributed by atoms with van der Waals surface area (Å²) in [6.07, 6.45) is -0.762. The summed E-state index contributed by atoms with van der Waals surface area (Å²) in [5.74, 6) is -3.65. The molecule has 1 fully saturated rings. The van der Waals surface area contributed by atoms with Crippen LogP contribution in [0.25, 0.3) is 12.2 Å². The van der Waals surface area contributed by atoms with Gasteiger partial charge >= 0.3 is 5.97 Å². The molecule has 0 bridgehead atoms. The van der Waals surface area contributed by atoms with Crippen LogP contribution in [0.1, 0.15) is 29.5 Å². The van der Waals surface area contributed by atoms with Gasteiger partial charge in [-0.15, -0.1) is 0 Å². The molecule has 44 heavy (non-hydrogen) atoms. The molecule has 0 heterocycles. The van der Waals surface area contributed by atoms with E-state index in [9.17, 15) is 50.1 Å². The first-order chi connectivity index (χ1) is 20.9. The van der Waals surface area contributed by atoms with Gasteiger partial charge < -0.3 is 55.7 Å². The lowest BCUT2D eigenvalue weighted by molar-refractivity contribution is -0.205. The molecule has 1 saturated carbocycles. The lowest BCUT2D eigenvalue weighted by atomic mass is 9.79. The molecule has 0 amide bonds. The maximum Gasteiger partial charge on any atom is 0.336 e. The largest absolute Gasteiger partial charge is 0.504 e. The topological polar surface area (TPSA) is 247 Å². The molecule has 238 valence electrons. The lowest BCUT2D eigenvalue weighted by Gasteiger charge is -2.42. The predicted octanol–water partition coefficient (Wildman–Crippen LogP) is 0.239. The average molecular weight is 618 g/mol. The zero-order valence-corrected chi connectivity index (χ0v) is 23.5. The molecule has 14 heteroatoms. The number of aliphatic hydroxyl groups excluding tert-OH is 3. The van der Waals surface area contributed by atoms with Gasteiger partial charge in [-0.1, -0.05) is 18.2 Å². The summed E-state index contributed by atoms with van der Waals surface area (Å²) in [4.78, 5) is 37.1. The second-order valence-electron chi connectivity index (χ2n) is 10.1. The number of carbonyl (C=O) groups excluding carboxylic acids is 2. The molecule has 3 rings (SSSR count). The molecule has 14 nitrogen and oxygen atoms in total. The van der Waals surface area contributed by atoms with Crippen molar-refractivity contribution in [3.8, 4) is 23.0 Å². The number of ether oxygens (including phenoxy) is 3. The van der Waals surface area contributed by atoms with E-state index in [1.165, 1.54) is 24.3 Å². The average Bonchev–Trinajstić information content (AvgIpc) is 2.99. The molecular formula is C30H35NO13. The van der Waals surface area contributed by atoms with Gasteiger partial charge in [0.2, 0.25) is 0 Å². The van der Waals surface area contributed by atoms with E-state index in [0.717, 1.165) is 24.3 Å². The normalized spacial score (nSPS) is 22.0. The highest BCUT2D eigenvalue weighted by Gasteiger charge is 2.52. The Bertz CT molecular complexity index is 1410. The fourth-order valence-corrected chi connectivity index (χ4v) is 4.47. The predicted molar refractivity (Wildman–Crippen MR) is 154 cm³/mol. The minimum absolute atomic E-state index is 0.168. The minimum Gasteiger partial charge on any atom is -0.504 e. The van der Waals surface area contributed by atoms with Crippen LogP contribution in [0.4, 0.5) is 0 Å². The van der Waals surface area contributed by atoms with Gasteiger partial charge in [0.05, 0.1) is 18.8 Å². The second-order valence-corrected chi connectivity index (χ2v) is 10.1. The maximum absolute atomic E-state index is 12.5. The zero-order valence-electron chi connectivity index (χ0n) is 23.5. The Morgan fingerprint density at radius 3 is 2.27 bits per heavy atom. The molecule has 9 N–H and O–H groups in total. The fourth-order valence-electron chi connectivity index (χ4n) is 4.47. The Balaban J connectivity index is 1.63. The summed E-state index contributed by atoms with van der Waals surface area (Å²) in [6, 6.07) is 6.69. The highest BCUT2D eigenvalue weighted by molar-refractivity contribution is 5.95. The van der Waals surface area contributed by atoms with E-state index in [4.69, 9.17) is 19.9 Å². The maximum atomic E-state index is 12.5. The van der Waals surface area contributed by atoms with Crippen LogP contribution in [-0.2, 0) is 30.5 Å². The molecule has 0 aromatic heterocycles. The SMILES string of the molecule is NCCOc1ccc(C=CC(=O)CO[C@]2(C(=O)O)C[C@@H](O)[C@@H](O)[C@H](OCC(=O)C=Cc3cc(O)c(O)cc3CO)C2)cc1O. The van der Waals surface area contributed by atoms with Crippen molar-refractivity contribution in [3.05, 3.63) is 59.2 Å². The number of phenolic OH excluding ortho intramolecular Hbond substituents is 3. The number of hydrogen-bond acceptors (Lipinski definition) is 13. The van der Waals surface area contributed by atoms with Gasteiger partial charge in [-0.25, -0.2) is 4.79 Å². The summed E-state index contributed by atoms with van der Waals surface area (Å²) in [5, 5.41) is 69.5. The summed E-state index contributed by atoms with van der Waals surface area (Å²) in [7, 11) is 0. The molecule has 0 unspecified atom stereocenters. The Kier molecular flexibility index (Phi) is 12.0. The summed E-state index contributed by atoms with van der Waals surface area (Å²) >= 11 is 0. The van der Waals surface area contributed by atoms with Crippen molar-refractivity contribution in [2.75, 3.05) is 26.4 Å². The number of phenols is 3. The Hall–Kier alpha value is -4.31. The van der Waals surface area contributed by atoms with Crippen molar-refractivity contribution in [3.63, 3.8) is 0 Å². The number of rotatable bonds is 15. The molecule has 2 aromatic rings. The molecule has 0 saturated heterocycles. The number of ketones is 2. The third-order valence-electron chi connectivity index (χ3n) is 6.84. The van der Waals surface area contributed by atoms with Gasteiger partial charge in [-0.3, -0.25) is 9.59 Å². The van der Waals surface area contributed by atoms with Crippen LogP contribution >= 0.6 is 0 Å². The number of carboxylic acid groups (broad SMARTS) is 1. The fraction of sp³-hybridized carbons (Fsp3) is 0.367. The monoisotopic (exact) mass is 617 g/mol. The second kappa shape index (κ2) is 15.4. The van der Waals surface area contributed by atoms with Gasteiger partial charge in [0, 0.05) is 19.4 Å². The van der Waals surface area contributed by atoms with Gasteiger partial charge in [0.15, 0.2) is 40.2 Å². The standard InChI is InChI=1S/C30H35NO13/c31-7-8-42-26-6-2-17(9-24(26)37)1-4-21(34)16-44-30(29(40)41)12-25(38)28(39)27(13-30)43-15-20(33)5-3-18-10-22(35)23(36)11-19(18)14-32/h1-6,9-11,25,27-28,32,35-39H,7-8,12-16,31H2,(H,40,41)/t25-,27-,28-,30-/m1/s1. The quantitative estimate of drug-likeness (QED) is 0.0985. The number of hydrogen-bond donors (Lipinski definition) is 8. The van der Waals surface area contributed by atoms with Crippen LogP contribution in [0.15, 0.2) is 42.5 Å². The van der Waals surface area contributed by atoms with Crippen molar-refractivity contribution in [2.45, 2.75) is 43.4 Å². The molecule has 1 aliphatic rings. The van der Waals surface area contributed by atoms with E-state index >= 15 is 0 Å². The number of aromatic hydroxyl groups is 3. The van der Waals surface area contributed by atoms with E-state index in [2.05, 4.69) is 0 Å². The van der Waals surface area contributed by atoms with Crippen molar-refractivity contribution in [1.29, 1.82) is 0 Å². The van der Waals surface area contributed by atoms with Crippen LogP contribution in [0.2, 0.25) is 0 Å². The van der Waals surface area contributed by atoms with E-state index < -0.39 is 85.6 Å². The smallest absolute Gasteiger partial charge is 0.336 e. The Labute approximate surface area is 251 Å². The number of carboxylic acids is 1. The Morgan fingerprint density at radius 2 is 1.61 bits per heavy atom. The van der Waals surface area contributed by atoms with Gasteiger partial charge in [0.1, 0.15) is 25.9 Å². The molecule has 2 aromatic carbocycles. The van der Waals surface area contributed by atoms with Crippen LogP contribution in [0.3, 0.4) is 0 Å². The molecule has 0 spiro atoms. The minimum atomic E-state index is -2.12. The summed E-state index contributed by atoms with van der Waals surface area (Å²) in [6.45, 7) is -1.36.